The van der Waals surface area contributed by atoms with Crippen molar-refractivity contribution in [3.63, 3.8) is 0 Å². The highest BCUT2D eigenvalue weighted by atomic mass is 35.5. The highest BCUT2D eigenvalue weighted by Crippen LogP contribution is 2.34. The van der Waals surface area contributed by atoms with Gasteiger partial charge in [0.15, 0.2) is 0 Å². The predicted octanol–water partition coefficient (Wildman–Crippen LogP) is 2.83. The summed E-state index contributed by atoms with van der Waals surface area (Å²) in [4.78, 5) is 0. The lowest BCUT2D eigenvalue weighted by Gasteiger charge is -2.06. The molecule has 0 aliphatic carbocycles. The maximum absolute atomic E-state index is 9.32. The Morgan fingerprint density at radius 2 is 2.25 bits per heavy atom. The summed E-state index contributed by atoms with van der Waals surface area (Å²) in [5.74, 6) is 0.297. The zero-order valence-corrected chi connectivity index (χ0v) is 11.5. The van der Waals surface area contributed by atoms with Crippen molar-refractivity contribution in [2.24, 2.45) is 0 Å². The number of rotatable bonds is 2. The van der Waals surface area contributed by atoms with E-state index in [-0.39, 0.29) is 6.10 Å². The first-order valence-electron chi connectivity index (χ1n) is 6.37. The molecular weight excluding hydrogens is 276 g/mol. The molecule has 20 heavy (non-hydrogen) atoms. The number of aromatic nitrogens is 2. The van der Waals surface area contributed by atoms with Crippen molar-refractivity contribution in [3.05, 3.63) is 40.5 Å². The fraction of sp³-hybridized carbons (Fsp3) is 0.286. The van der Waals surface area contributed by atoms with Crippen LogP contribution in [0, 0.1) is 11.3 Å². The lowest BCUT2D eigenvalue weighted by molar-refractivity contribution is 0.108. The van der Waals surface area contributed by atoms with Crippen molar-refractivity contribution in [2.45, 2.75) is 18.9 Å². The molecule has 6 heteroatoms. The van der Waals surface area contributed by atoms with Crippen LogP contribution in [-0.2, 0) is 4.74 Å². The van der Waals surface area contributed by atoms with Gasteiger partial charge in [0.05, 0.1) is 10.7 Å². The van der Waals surface area contributed by atoms with E-state index in [1.807, 2.05) is 18.2 Å². The quantitative estimate of drug-likeness (QED) is 0.922. The van der Waals surface area contributed by atoms with Gasteiger partial charge < -0.3 is 10.5 Å². The van der Waals surface area contributed by atoms with Gasteiger partial charge in [-0.25, -0.2) is 4.68 Å². The average Bonchev–Trinajstić information content (AvgIpc) is 3.07. The van der Waals surface area contributed by atoms with Gasteiger partial charge in [-0.05, 0) is 25.0 Å². The van der Waals surface area contributed by atoms with E-state index in [2.05, 4.69) is 11.2 Å². The van der Waals surface area contributed by atoms with Crippen molar-refractivity contribution in [1.29, 1.82) is 5.26 Å². The lowest BCUT2D eigenvalue weighted by Crippen LogP contribution is -2.03. The predicted molar refractivity (Wildman–Crippen MR) is 75.6 cm³/mol. The summed E-state index contributed by atoms with van der Waals surface area (Å²) < 4.78 is 7.11. The Morgan fingerprint density at radius 3 is 2.90 bits per heavy atom. The average molecular weight is 289 g/mol. The summed E-state index contributed by atoms with van der Waals surface area (Å²) in [6.45, 7) is 0.689. The second-order valence-electron chi connectivity index (χ2n) is 4.62. The van der Waals surface area contributed by atoms with Crippen LogP contribution in [0.1, 0.15) is 30.2 Å². The van der Waals surface area contributed by atoms with E-state index in [9.17, 15) is 5.26 Å². The fourth-order valence-electron chi connectivity index (χ4n) is 2.39. The molecule has 1 aliphatic rings. The van der Waals surface area contributed by atoms with E-state index in [1.54, 1.807) is 6.07 Å². The van der Waals surface area contributed by atoms with Crippen molar-refractivity contribution in [3.8, 4) is 11.8 Å². The molecule has 1 saturated heterocycles. The van der Waals surface area contributed by atoms with Gasteiger partial charge in [0, 0.05) is 6.61 Å². The molecule has 2 N–H and O–H groups in total. The first kappa shape index (κ1) is 13.0. The molecule has 0 spiro atoms. The van der Waals surface area contributed by atoms with Gasteiger partial charge in [-0.2, -0.15) is 10.4 Å². The van der Waals surface area contributed by atoms with Gasteiger partial charge in [0.25, 0.3) is 0 Å². The van der Waals surface area contributed by atoms with Gasteiger partial charge in [-0.3, -0.25) is 0 Å². The maximum atomic E-state index is 9.32. The van der Waals surface area contributed by atoms with Gasteiger partial charge in [0.1, 0.15) is 29.2 Å². The minimum absolute atomic E-state index is 0.157. The summed E-state index contributed by atoms with van der Waals surface area (Å²) in [5.41, 5.74) is 7.68. The molecule has 5 nitrogen and oxygen atoms in total. The maximum Gasteiger partial charge on any atom is 0.145 e. The molecule has 0 unspecified atom stereocenters. The molecule has 0 radical (unpaired) electrons. The second kappa shape index (κ2) is 5.16. The standard InChI is InChI=1S/C14H13ClN4O/c15-10-4-1-2-5-11(10)19-14(17)9(8-16)13(18-19)12-6-3-7-20-12/h1-2,4-5,12H,3,6-7,17H2/t12-/m1/s1. The van der Waals surface area contributed by atoms with Crippen molar-refractivity contribution in [2.75, 3.05) is 12.3 Å². The number of para-hydroxylation sites is 1. The smallest absolute Gasteiger partial charge is 0.145 e. The molecule has 0 amide bonds. The minimum atomic E-state index is -0.157. The molecule has 2 heterocycles. The third-order valence-electron chi connectivity index (χ3n) is 3.38. The van der Waals surface area contributed by atoms with Gasteiger partial charge in [-0.15, -0.1) is 0 Å². The zero-order chi connectivity index (χ0) is 14.1. The Labute approximate surface area is 121 Å². The normalized spacial score (nSPS) is 18.1. The number of ether oxygens (including phenoxy) is 1. The third kappa shape index (κ3) is 2.03. The first-order chi connectivity index (χ1) is 9.72. The van der Waals surface area contributed by atoms with Crippen LogP contribution in [0.5, 0.6) is 0 Å². The molecule has 0 bridgehead atoms. The summed E-state index contributed by atoms with van der Waals surface area (Å²) >= 11 is 6.16. The van der Waals surface area contributed by atoms with E-state index in [1.165, 1.54) is 4.68 Å². The van der Waals surface area contributed by atoms with Crippen LogP contribution < -0.4 is 5.73 Å². The van der Waals surface area contributed by atoms with E-state index in [0.717, 1.165) is 12.8 Å². The SMILES string of the molecule is N#Cc1c([C@H]2CCCO2)nn(-c2ccccc2Cl)c1N. The number of hydrogen-bond donors (Lipinski definition) is 1. The first-order valence-corrected chi connectivity index (χ1v) is 6.75. The Balaban J connectivity index is 2.14. The molecular formula is C14H13ClN4O. The number of anilines is 1. The van der Waals surface area contributed by atoms with E-state index in [4.69, 9.17) is 22.1 Å². The van der Waals surface area contributed by atoms with E-state index in [0.29, 0.717) is 34.4 Å². The third-order valence-corrected chi connectivity index (χ3v) is 3.69. The number of halogens is 1. The Hall–Kier alpha value is -2.03. The number of nitrogens with zero attached hydrogens (tertiary/aromatic N) is 3. The second-order valence-corrected chi connectivity index (χ2v) is 5.03. The molecule has 1 aromatic carbocycles. The summed E-state index contributed by atoms with van der Waals surface area (Å²) in [6.07, 6.45) is 1.66. The number of benzene rings is 1. The van der Waals surface area contributed by atoms with Crippen LogP contribution in [0.3, 0.4) is 0 Å². The fourth-order valence-corrected chi connectivity index (χ4v) is 2.60. The Bertz CT molecular complexity index is 683. The van der Waals surface area contributed by atoms with E-state index < -0.39 is 0 Å². The summed E-state index contributed by atoms with van der Waals surface area (Å²) in [6, 6.07) is 9.37. The largest absolute Gasteiger partial charge is 0.382 e. The molecule has 102 valence electrons. The molecule has 1 aromatic heterocycles. The van der Waals surface area contributed by atoms with Gasteiger partial charge in [0.2, 0.25) is 0 Å². The molecule has 0 saturated carbocycles. The molecule has 3 rings (SSSR count). The molecule has 2 aromatic rings. The molecule has 1 atom stereocenters. The lowest BCUT2D eigenvalue weighted by atomic mass is 10.1. The summed E-state index contributed by atoms with van der Waals surface area (Å²) in [7, 11) is 0. The topological polar surface area (TPSA) is 76.9 Å². The van der Waals surface area contributed by atoms with Gasteiger partial charge in [-0.1, -0.05) is 23.7 Å². The van der Waals surface area contributed by atoms with E-state index >= 15 is 0 Å². The van der Waals surface area contributed by atoms with Crippen molar-refractivity contribution in [1.82, 2.24) is 9.78 Å². The molecule has 1 aliphatic heterocycles. The van der Waals surface area contributed by atoms with Crippen LogP contribution in [0.2, 0.25) is 5.02 Å². The van der Waals surface area contributed by atoms with Crippen LogP contribution in [0.15, 0.2) is 24.3 Å². The minimum Gasteiger partial charge on any atom is -0.382 e. The van der Waals surface area contributed by atoms with Crippen molar-refractivity contribution < 1.29 is 4.74 Å². The number of nitrogen functional groups attached to an aromatic ring is 1. The number of nitrogens with two attached hydrogens (primary N) is 1. The van der Waals surface area contributed by atoms with Crippen LogP contribution in [-0.4, -0.2) is 16.4 Å². The number of nitriles is 1. The Kier molecular flexibility index (Phi) is 3.35. The molecule has 1 fully saturated rings. The Morgan fingerprint density at radius 1 is 1.45 bits per heavy atom. The highest BCUT2D eigenvalue weighted by molar-refractivity contribution is 6.32. The van der Waals surface area contributed by atoms with Crippen LogP contribution in [0.4, 0.5) is 5.82 Å². The van der Waals surface area contributed by atoms with Crippen LogP contribution in [0.25, 0.3) is 5.69 Å². The monoisotopic (exact) mass is 288 g/mol. The zero-order valence-electron chi connectivity index (χ0n) is 10.7. The number of hydrogen-bond acceptors (Lipinski definition) is 4. The van der Waals surface area contributed by atoms with Crippen LogP contribution >= 0.6 is 11.6 Å². The van der Waals surface area contributed by atoms with Crippen molar-refractivity contribution >= 4 is 17.4 Å². The summed E-state index contributed by atoms with van der Waals surface area (Å²) in [5, 5.41) is 14.3. The highest BCUT2D eigenvalue weighted by Gasteiger charge is 2.27. The van der Waals surface area contributed by atoms with Gasteiger partial charge >= 0.3 is 0 Å².